The Labute approximate surface area is 197 Å². The molecule has 3 aromatic rings. The normalized spacial score (nSPS) is 22.7. The number of aryl methyl sites for hydroxylation is 1. The Morgan fingerprint density at radius 2 is 2.03 bits per heavy atom. The molecule has 35 heavy (non-hydrogen) atoms. The maximum atomic E-state index is 13.4. The highest BCUT2D eigenvalue weighted by atomic mass is 19.4. The van der Waals surface area contributed by atoms with E-state index in [0.717, 1.165) is 5.69 Å². The van der Waals surface area contributed by atoms with Crippen molar-refractivity contribution >= 4 is 5.91 Å². The van der Waals surface area contributed by atoms with Crippen LogP contribution in [0.4, 0.5) is 13.2 Å². The second-order valence-electron chi connectivity index (χ2n) is 9.28. The number of pyridine rings is 1. The first-order chi connectivity index (χ1) is 16.6. The molecule has 4 heterocycles. The number of hydrogen-bond donors (Lipinski definition) is 0. The zero-order chi connectivity index (χ0) is 24.5. The van der Waals surface area contributed by atoms with E-state index in [2.05, 4.69) is 9.72 Å². The first-order valence-electron chi connectivity index (χ1n) is 11.2. The Bertz CT molecular complexity index is 1410. The number of imidazole rings is 1. The highest BCUT2D eigenvalue weighted by molar-refractivity contribution is 5.93. The van der Waals surface area contributed by atoms with Gasteiger partial charge in [0.15, 0.2) is 0 Å². The zero-order valence-corrected chi connectivity index (χ0v) is 18.7. The van der Waals surface area contributed by atoms with Crippen LogP contribution in [0.3, 0.4) is 0 Å². The summed E-state index contributed by atoms with van der Waals surface area (Å²) in [6, 6.07) is 7.33. The van der Waals surface area contributed by atoms with E-state index in [1.807, 2.05) is 6.92 Å². The van der Waals surface area contributed by atoms with Gasteiger partial charge in [0.1, 0.15) is 22.9 Å². The molecule has 1 amide bonds. The second kappa shape index (κ2) is 7.37. The number of hydrogen-bond acceptors (Lipinski definition) is 5. The van der Waals surface area contributed by atoms with Crippen LogP contribution >= 0.6 is 0 Å². The monoisotopic (exact) mass is 486 g/mol. The van der Waals surface area contributed by atoms with Crippen molar-refractivity contribution in [2.45, 2.75) is 31.7 Å². The second-order valence-corrected chi connectivity index (χ2v) is 9.28. The molecule has 0 spiro atoms. The molecule has 1 unspecified atom stereocenters. The van der Waals surface area contributed by atoms with E-state index in [1.165, 1.54) is 22.8 Å². The summed E-state index contributed by atoms with van der Waals surface area (Å²) in [6.07, 6.45) is -0.799. The fourth-order valence-corrected chi connectivity index (χ4v) is 5.32. The quantitative estimate of drug-likeness (QED) is 0.567. The molecular weight excluding hydrogens is 465 g/mol. The summed E-state index contributed by atoms with van der Waals surface area (Å²) in [4.78, 5) is 32.3. The van der Waals surface area contributed by atoms with Crippen molar-refractivity contribution < 1.29 is 27.4 Å². The average Bonchev–Trinajstić information content (AvgIpc) is 3.37. The van der Waals surface area contributed by atoms with Crippen LogP contribution in [0.2, 0.25) is 0 Å². The van der Waals surface area contributed by atoms with Crippen LogP contribution in [0.5, 0.6) is 11.5 Å². The van der Waals surface area contributed by atoms with E-state index < -0.39 is 11.8 Å². The third kappa shape index (κ3) is 3.57. The van der Waals surface area contributed by atoms with Gasteiger partial charge < -0.3 is 23.5 Å². The molecule has 0 radical (unpaired) electrons. The topological polar surface area (TPSA) is 78.6 Å². The Hall–Kier alpha value is -3.76. The summed E-state index contributed by atoms with van der Waals surface area (Å²) in [5.74, 6) is 0.0166. The maximum Gasteiger partial charge on any atom is 0.573 e. The van der Waals surface area contributed by atoms with Crippen LogP contribution in [-0.4, -0.2) is 51.0 Å². The summed E-state index contributed by atoms with van der Waals surface area (Å²) in [6.45, 7) is 3.24. The van der Waals surface area contributed by atoms with Crippen LogP contribution in [-0.2, 0) is 12.0 Å². The number of carbonyl (C=O) groups excluding carboxylic acids is 1. The molecule has 8 nitrogen and oxygen atoms in total. The molecule has 2 atom stereocenters. The number of carbonyl (C=O) groups is 1. The Balaban J connectivity index is 1.29. The molecule has 2 aliphatic heterocycles. The molecule has 0 N–H and O–H groups in total. The van der Waals surface area contributed by atoms with Gasteiger partial charge in [-0.15, -0.1) is 13.2 Å². The molecule has 3 aliphatic rings. The Morgan fingerprint density at radius 3 is 2.77 bits per heavy atom. The molecule has 2 aromatic heterocycles. The van der Waals surface area contributed by atoms with Gasteiger partial charge in [0.25, 0.3) is 11.5 Å². The van der Waals surface area contributed by atoms with Crippen molar-refractivity contribution in [3.8, 4) is 17.2 Å². The summed E-state index contributed by atoms with van der Waals surface area (Å²) < 4.78 is 51.3. The molecule has 6 rings (SSSR count). The van der Waals surface area contributed by atoms with Crippen LogP contribution in [0.1, 0.15) is 28.2 Å². The lowest BCUT2D eigenvalue weighted by molar-refractivity contribution is -0.274. The van der Waals surface area contributed by atoms with Gasteiger partial charge in [-0.3, -0.25) is 9.59 Å². The predicted octanol–water partition coefficient (Wildman–Crippen LogP) is 3.05. The first kappa shape index (κ1) is 21.8. The minimum atomic E-state index is -4.80. The summed E-state index contributed by atoms with van der Waals surface area (Å²) in [7, 11) is 0. The lowest BCUT2D eigenvalue weighted by atomic mass is 9.89. The van der Waals surface area contributed by atoms with E-state index in [1.54, 1.807) is 34.1 Å². The third-order valence-corrected chi connectivity index (χ3v) is 7.11. The third-order valence-electron chi connectivity index (χ3n) is 7.11. The highest BCUT2D eigenvalue weighted by Gasteiger charge is 2.60. The van der Waals surface area contributed by atoms with Crippen molar-refractivity contribution in [3.05, 3.63) is 70.2 Å². The van der Waals surface area contributed by atoms with E-state index in [9.17, 15) is 22.8 Å². The van der Waals surface area contributed by atoms with Gasteiger partial charge in [0.2, 0.25) is 0 Å². The predicted molar refractivity (Wildman–Crippen MR) is 117 cm³/mol. The lowest BCUT2D eigenvalue weighted by Gasteiger charge is -2.35. The minimum Gasteiger partial charge on any atom is -0.493 e. The number of rotatable bonds is 4. The number of benzene rings is 1. The van der Waals surface area contributed by atoms with E-state index in [0.29, 0.717) is 49.7 Å². The molecule has 11 heteroatoms. The molecule has 1 aliphatic carbocycles. The van der Waals surface area contributed by atoms with Gasteiger partial charge in [0.05, 0.1) is 18.6 Å². The van der Waals surface area contributed by atoms with Gasteiger partial charge in [-0.05, 0) is 43.7 Å². The van der Waals surface area contributed by atoms with E-state index in [-0.39, 0.29) is 28.8 Å². The van der Waals surface area contributed by atoms with E-state index in [4.69, 9.17) is 4.74 Å². The number of amides is 1. The first-order valence-corrected chi connectivity index (χ1v) is 11.2. The number of alkyl halides is 3. The van der Waals surface area contributed by atoms with Crippen molar-refractivity contribution in [2.24, 2.45) is 5.92 Å². The fourth-order valence-electron chi connectivity index (χ4n) is 5.32. The summed E-state index contributed by atoms with van der Waals surface area (Å²) in [5.41, 5.74) is 1.32. The summed E-state index contributed by atoms with van der Waals surface area (Å²) >= 11 is 0. The molecule has 1 fully saturated rings. The molecule has 182 valence electrons. The smallest absolute Gasteiger partial charge is 0.493 e. The van der Waals surface area contributed by atoms with Crippen LogP contribution < -0.4 is 15.0 Å². The van der Waals surface area contributed by atoms with E-state index >= 15 is 0 Å². The average molecular weight is 486 g/mol. The Morgan fingerprint density at radius 1 is 1.20 bits per heavy atom. The molecule has 1 saturated carbocycles. The lowest BCUT2D eigenvalue weighted by Crippen LogP contribution is -2.48. The van der Waals surface area contributed by atoms with Gasteiger partial charge >= 0.3 is 6.36 Å². The van der Waals surface area contributed by atoms with Crippen LogP contribution in [0, 0.1) is 12.8 Å². The van der Waals surface area contributed by atoms with Crippen molar-refractivity contribution in [1.29, 1.82) is 0 Å². The van der Waals surface area contributed by atoms with Crippen molar-refractivity contribution in [1.82, 2.24) is 19.0 Å². The van der Waals surface area contributed by atoms with Crippen molar-refractivity contribution in [2.75, 3.05) is 19.7 Å². The largest absolute Gasteiger partial charge is 0.573 e. The Kier molecular flexibility index (Phi) is 4.58. The maximum absolute atomic E-state index is 13.4. The van der Waals surface area contributed by atoms with Gasteiger partial charge in [-0.1, -0.05) is 0 Å². The van der Waals surface area contributed by atoms with Crippen LogP contribution in [0.15, 0.2) is 47.7 Å². The number of fused-ring (bicyclic) bond motifs is 4. The zero-order valence-electron chi connectivity index (χ0n) is 18.7. The van der Waals surface area contributed by atoms with Crippen molar-refractivity contribution in [3.63, 3.8) is 0 Å². The molecule has 1 aromatic carbocycles. The minimum absolute atomic E-state index is 0.0971. The SMILES string of the molecule is Cc1cn(-c2ccc3n(c2=O)CCN(CC24C[C@H]2COc2ccc(OC(F)(F)F)cc24)C3=O)cn1. The highest BCUT2D eigenvalue weighted by Crippen LogP contribution is 2.60. The summed E-state index contributed by atoms with van der Waals surface area (Å²) in [5, 5.41) is 0. The molecule has 0 saturated heterocycles. The number of nitrogens with zero attached hydrogens (tertiary/aromatic N) is 4. The standard InChI is InChI=1S/C24H21F3N4O4/c1-14-10-30(13-28-14)18-3-4-19-21(32)29(6-7-31(19)22(18)33)12-23-9-15(23)11-34-20-5-2-16(8-17(20)23)35-24(25,26)27/h2-5,8,10,13,15H,6-7,9,11-12H2,1H3/t15-,23?/m0/s1. The number of aromatic nitrogens is 3. The van der Waals surface area contributed by atoms with Gasteiger partial charge in [0, 0.05) is 42.7 Å². The molecular formula is C24H21F3N4O4. The fraction of sp³-hybridized carbons (Fsp3) is 0.375. The van der Waals surface area contributed by atoms with Gasteiger partial charge in [-0.25, -0.2) is 4.98 Å². The van der Waals surface area contributed by atoms with Gasteiger partial charge in [-0.2, -0.15) is 0 Å². The molecule has 0 bridgehead atoms. The number of halogens is 3. The van der Waals surface area contributed by atoms with Crippen LogP contribution in [0.25, 0.3) is 5.69 Å². The number of ether oxygens (including phenoxy) is 2.